The van der Waals surface area contributed by atoms with Crippen molar-refractivity contribution in [1.29, 1.82) is 0 Å². The Morgan fingerprint density at radius 3 is 2.53 bits per heavy atom. The topological polar surface area (TPSA) is 106 Å². The van der Waals surface area contributed by atoms with Crippen molar-refractivity contribution in [3.05, 3.63) is 78.4 Å². The lowest BCUT2D eigenvalue weighted by atomic mass is 10.1. The van der Waals surface area contributed by atoms with Crippen LogP contribution in [0, 0.1) is 0 Å². The Labute approximate surface area is 186 Å². The first kappa shape index (κ1) is 21.9. The van der Waals surface area contributed by atoms with Gasteiger partial charge in [-0.15, -0.1) is 0 Å². The Bertz CT molecular complexity index is 1220. The van der Waals surface area contributed by atoms with Crippen LogP contribution in [0.3, 0.4) is 0 Å². The molecular formula is C22H23N5O4S. The molecule has 0 bridgehead atoms. The largest absolute Gasteiger partial charge is 0.379 e. The van der Waals surface area contributed by atoms with Crippen molar-refractivity contribution < 1.29 is 17.9 Å². The zero-order valence-corrected chi connectivity index (χ0v) is 18.3. The maximum Gasteiger partial charge on any atom is 0.271 e. The number of imidazole rings is 1. The normalized spacial score (nSPS) is 15.5. The molecule has 2 heterocycles. The van der Waals surface area contributed by atoms with Crippen LogP contribution in [0.5, 0.6) is 0 Å². The SMILES string of the molecule is C/C(=N/NC(=O)c1cccc(S(=O)(=O)N2CCOCC2)c1)c1ccc(-n2ccnc2)cc1. The number of benzene rings is 2. The van der Waals surface area contributed by atoms with Crippen LogP contribution in [0.25, 0.3) is 5.69 Å². The number of hydrazone groups is 1. The van der Waals surface area contributed by atoms with Gasteiger partial charge in [-0.25, -0.2) is 18.8 Å². The number of hydrogen-bond acceptors (Lipinski definition) is 6. The quantitative estimate of drug-likeness (QED) is 0.454. The van der Waals surface area contributed by atoms with Gasteiger partial charge in [0.15, 0.2) is 0 Å². The van der Waals surface area contributed by atoms with Crippen molar-refractivity contribution in [2.75, 3.05) is 26.3 Å². The monoisotopic (exact) mass is 453 g/mol. The maximum absolute atomic E-state index is 12.8. The van der Waals surface area contributed by atoms with Gasteiger partial charge in [0.05, 0.1) is 30.1 Å². The van der Waals surface area contributed by atoms with Crippen LogP contribution in [-0.4, -0.2) is 60.2 Å². The van der Waals surface area contributed by atoms with Crippen molar-refractivity contribution in [3.8, 4) is 5.69 Å². The summed E-state index contributed by atoms with van der Waals surface area (Å²) in [7, 11) is -3.68. The molecule has 32 heavy (non-hydrogen) atoms. The van der Waals surface area contributed by atoms with E-state index >= 15 is 0 Å². The molecule has 1 aromatic heterocycles. The highest BCUT2D eigenvalue weighted by Crippen LogP contribution is 2.18. The molecular weight excluding hydrogens is 430 g/mol. The summed E-state index contributed by atoms with van der Waals surface area (Å²) in [5, 5.41) is 4.17. The van der Waals surface area contributed by atoms with Gasteiger partial charge in [-0.3, -0.25) is 4.79 Å². The summed E-state index contributed by atoms with van der Waals surface area (Å²) in [6.45, 7) is 3.09. The van der Waals surface area contributed by atoms with Crippen molar-refractivity contribution >= 4 is 21.6 Å². The van der Waals surface area contributed by atoms with Gasteiger partial charge in [0, 0.05) is 36.7 Å². The van der Waals surface area contributed by atoms with Gasteiger partial charge < -0.3 is 9.30 Å². The van der Waals surface area contributed by atoms with Crippen LogP contribution in [0.1, 0.15) is 22.8 Å². The highest BCUT2D eigenvalue weighted by atomic mass is 32.2. The van der Waals surface area contributed by atoms with E-state index in [2.05, 4.69) is 15.5 Å². The summed E-state index contributed by atoms with van der Waals surface area (Å²) in [4.78, 5) is 16.7. The molecule has 1 aliphatic rings. The molecule has 1 fully saturated rings. The molecule has 1 amide bonds. The summed E-state index contributed by atoms with van der Waals surface area (Å²) in [5.74, 6) is -0.488. The van der Waals surface area contributed by atoms with E-state index in [4.69, 9.17) is 4.74 Å². The molecule has 2 aromatic carbocycles. The number of nitrogens with zero attached hydrogens (tertiary/aromatic N) is 4. The fourth-order valence-electron chi connectivity index (χ4n) is 3.28. The first-order valence-corrected chi connectivity index (χ1v) is 11.5. The Hall–Kier alpha value is -3.34. The molecule has 0 spiro atoms. The van der Waals surface area contributed by atoms with E-state index in [1.54, 1.807) is 31.6 Å². The molecule has 1 N–H and O–H groups in total. The predicted molar refractivity (Wildman–Crippen MR) is 119 cm³/mol. The molecule has 1 aliphatic heterocycles. The van der Waals surface area contributed by atoms with Gasteiger partial charge in [0.2, 0.25) is 10.0 Å². The average molecular weight is 454 g/mol. The number of nitrogens with one attached hydrogen (secondary N) is 1. The highest BCUT2D eigenvalue weighted by Gasteiger charge is 2.26. The Morgan fingerprint density at radius 2 is 1.84 bits per heavy atom. The molecule has 0 radical (unpaired) electrons. The molecule has 0 atom stereocenters. The number of sulfonamides is 1. The maximum atomic E-state index is 12.8. The second kappa shape index (κ2) is 9.43. The van der Waals surface area contributed by atoms with Crippen molar-refractivity contribution in [2.24, 2.45) is 5.10 Å². The fourth-order valence-corrected chi connectivity index (χ4v) is 4.74. The number of morpholine rings is 1. The lowest BCUT2D eigenvalue weighted by Crippen LogP contribution is -2.40. The van der Waals surface area contributed by atoms with Crippen LogP contribution in [-0.2, 0) is 14.8 Å². The summed E-state index contributed by atoms with van der Waals surface area (Å²) in [6.07, 6.45) is 5.27. The number of carbonyl (C=O) groups excluding carboxylic acids is 1. The molecule has 0 aliphatic carbocycles. The van der Waals surface area contributed by atoms with Crippen LogP contribution in [0.15, 0.2) is 77.2 Å². The number of amides is 1. The molecule has 10 heteroatoms. The van der Waals surface area contributed by atoms with Gasteiger partial charge in [0.25, 0.3) is 5.91 Å². The predicted octanol–water partition coefficient (Wildman–Crippen LogP) is 2.05. The van der Waals surface area contributed by atoms with E-state index < -0.39 is 15.9 Å². The summed E-state index contributed by atoms with van der Waals surface area (Å²) < 4.78 is 34.1. The van der Waals surface area contributed by atoms with Gasteiger partial charge in [-0.05, 0) is 42.8 Å². The smallest absolute Gasteiger partial charge is 0.271 e. The minimum absolute atomic E-state index is 0.0721. The van der Waals surface area contributed by atoms with Crippen molar-refractivity contribution in [1.82, 2.24) is 19.3 Å². The average Bonchev–Trinajstić information content (AvgIpc) is 3.38. The van der Waals surface area contributed by atoms with Crippen molar-refractivity contribution in [2.45, 2.75) is 11.8 Å². The van der Waals surface area contributed by atoms with Crippen LogP contribution in [0.2, 0.25) is 0 Å². The Balaban J connectivity index is 1.45. The summed E-state index contributed by atoms with van der Waals surface area (Å²) in [6, 6.07) is 13.6. The third-order valence-corrected chi connectivity index (χ3v) is 7.01. The van der Waals surface area contributed by atoms with E-state index in [0.29, 0.717) is 32.0 Å². The lowest BCUT2D eigenvalue weighted by Gasteiger charge is -2.26. The minimum Gasteiger partial charge on any atom is -0.379 e. The standard InChI is InChI=1S/C22H23N5O4S/c1-17(18-5-7-20(8-6-18)26-10-9-23-16-26)24-25-22(28)19-3-2-4-21(15-19)32(29,30)27-11-13-31-14-12-27/h2-10,15-16H,11-14H2,1H3,(H,25,28)/b24-17-. The third kappa shape index (κ3) is 4.77. The van der Waals surface area contributed by atoms with Gasteiger partial charge in [0.1, 0.15) is 0 Å². The van der Waals surface area contributed by atoms with E-state index in [-0.39, 0.29) is 10.5 Å². The molecule has 9 nitrogen and oxygen atoms in total. The first-order chi connectivity index (χ1) is 15.4. The zero-order chi connectivity index (χ0) is 22.6. The number of carbonyl (C=O) groups is 1. The van der Waals surface area contributed by atoms with Gasteiger partial charge in [-0.1, -0.05) is 18.2 Å². The van der Waals surface area contributed by atoms with Crippen LogP contribution in [0.4, 0.5) is 0 Å². The molecule has 1 saturated heterocycles. The lowest BCUT2D eigenvalue weighted by molar-refractivity contribution is 0.0730. The Kier molecular flexibility index (Phi) is 6.45. The van der Waals surface area contributed by atoms with Crippen molar-refractivity contribution in [3.63, 3.8) is 0 Å². The van der Waals surface area contributed by atoms with E-state index in [1.807, 2.05) is 35.0 Å². The number of rotatable bonds is 6. The summed E-state index contributed by atoms with van der Waals surface area (Å²) >= 11 is 0. The number of aromatic nitrogens is 2. The van der Waals surface area contributed by atoms with Gasteiger partial charge in [-0.2, -0.15) is 9.41 Å². The molecule has 166 valence electrons. The second-order valence-electron chi connectivity index (χ2n) is 7.20. The summed E-state index contributed by atoms with van der Waals surface area (Å²) in [5.41, 5.74) is 5.14. The van der Waals surface area contributed by atoms with Crippen LogP contribution < -0.4 is 5.43 Å². The number of hydrogen-bond donors (Lipinski definition) is 1. The third-order valence-electron chi connectivity index (χ3n) is 5.12. The molecule has 0 saturated carbocycles. The highest BCUT2D eigenvalue weighted by molar-refractivity contribution is 7.89. The first-order valence-electron chi connectivity index (χ1n) is 10.1. The fraction of sp³-hybridized carbons (Fsp3) is 0.227. The van der Waals surface area contributed by atoms with E-state index in [9.17, 15) is 13.2 Å². The van der Waals surface area contributed by atoms with E-state index in [0.717, 1.165) is 11.3 Å². The zero-order valence-electron chi connectivity index (χ0n) is 17.5. The van der Waals surface area contributed by atoms with Crippen LogP contribution >= 0.6 is 0 Å². The number of ether oxygens (including phenoxy) is 1. The molecule has 0 unspecified atom stereocenters. The van der Waals surface area contributed by atoms with E-state index in [1.165, 1.54) is 16.4 Å². The Morgan fingerprint density at radius 1 is 1.09 bits per heavy atom. The minimum atomic E-state index is -3.68. The molecule has 4 rings (SSSR count). The second-order valence-corrected chi connectivity index (χ2v) is 9.14. The van der Waals surface area contributed by atoms with Gasteiger partial charge >= 0.3 is 0 Å². The molecule has 3 aromatic rings.